The number of aliphatic hydroxyl groups is 1. The maximum atomic E-state index is 13.6. The number of carbonyl (C=O) groups is 1. The molecule has 3 aromatic rings. The van der Waals surface area contributed by atoms with Crippen LogP contribution >= 0.6 is 11.6 Å². The van der Waals surface area contributed by atoms with Crippen molar-refractivity contribution in [2.75, 3.05) is 33.4 Å². The fourth-order valence-electron chi connectivity index (χ4n) is 5.18. The Hall–Kier alpha value is -3.53. The van der Waals surface area contributed by atoms with E-state index in [9.17, 15) is 19.4 Å². The fraction of sp³-hybridized carbons (Fsp3) is 0.367. The number of carboxylic acid groups (broad SMARTS) is 1. The van der Waals surface area contributed by atoms with Gasteiger partial charge in [-0.1, -0.05) is 23.7 Å². The molecule has 0 radical (unpaired) electrons. The molecule has 2 heterocycles. The zero-order valence-electron chi connectivity index (χ0n) is 22.1. The van der Waals surface area contributed by atoms with Crippen molar-refractivity contribution in [3.63, 3.8) is 0 Å². The number of benzene rings is 3. The van der Waals surface area contributed by atoms with Gasteiger partial charge in [-0.3, -0.25) is 0 Å². The number of ether oxygens (including phenoxy) is 4. The van der Waals surface area contributed by atoms with Crippen LogP contribution in [0.4, 0.5) is 4.39 Å². The van der Waals surface area contributed by atoms with Crippen LogP contribution in [0.2, 0.25) is 5.02 Å². The number of carboxylic acids is 1. The number of nitrogens with zero attached hydrogens (tertiary/aromatic N) is 1. The second-order valence-electron chi connectivity index (χ2n) is 10.2. The van der Waals surface area contributed by atoms with Crippen molar-refractivity contribution in [3.05, 3.63) is 82.1 Å². The summed E-state index contributed by atoms with van der Waals surface area (Å²) in [5.41, 5.74) is 1.31. The molecule has 0 bridgehead atoms. The van der Waals surface area contributed by atoms with Crippen LogP contribution in [0.3, 0.4) is 0 Å². The minimum absolute atomic E-state index is 0.0580. The third-order valence-corrected chi connectivity index (χ3v) is 7.64. The summed E-state index contributed by atoms with van der Waals surface area (Å²) >= 11 is 6.29. The lowest BCUT2D eigenvalue weighted by molar-refractivity contribution is -0.00204. The number of rotatable bonds is 10. The lowest BCUT2D eigenvalue weighted by Crippen LogP contribution is -2.49. The Morgan fingerprint density at radius 1 is 1.10 bits per heavy atom. The van der Waals surface area contributed by atoms with Gasteiger partial charge in [0.15, 0.2) is 0 Å². The average molecular weight is 572 g/mol. The highest BCUT2D eigenvalue weighted by molar-refractivity contribution is 6.32. The number of hydrogen-bond acceptors (Lipinski definition) is 7. The second-order valence-corrected chi connectivity index (χ2v) is 10.6. The van der Waals surface area contributed by atoms with E-state index in [4.69, 9.17) is 30.5 Å². The molecule has 1 fully saturated rings. The van der Waals surface area contributed by atoms with Crippen LogP contribution in [0.5, 0.6) is 23.0 Å². The Morgan fingerprint density at radius 2 is 1.85 bits per heavy atom. The first-order valence-corrected chi connectivity index (χ1v) is 13.4. The highest BCUT2D eigenvalue weighted by Crippen LogP contribution is 2.41. The Kier molecular flexibility index (Phi) is 8.35. The van der Waals surface area contributed by atoms with Gasteiger partial charge in [0.2, 0.25) is 0 Å². The summed E-state index contributed by atoms with van der Waals surface area (Å²) in [4.78, 5) is 13.9. The zero-order chi connectivity index (χ0) is 28.3. The van der Waals surface area contributed by atoms with Crippen molar-refractivity contribution in [2.45, 2.75) is 37.6 Å². The molecule has 10 heteroatoms. The van der Waals surface area contributed by atoms with Crippen molar-refractivity contribution in [2.24, 2.45) is 0 Å². The molecule has 8 nitrogen and oxygen atoms in total. The van der Waals surface area contributed by atoms with Gasteiger partial charge in [-0.15, -0.1) is 0 Å². The Bertz CT molecular complexity index is 1360. The number of β-amino-alcohol motifs (C(OH)–C–C–N with tert-alkyl or cyclic N) is 1. The van der Waals surface area contributed by atoms with Gasteiger partial charge >= 0.3 is 5.97 Å². The largest absolute Gasteiger partial charge is 0.497 e. The lowest BCUT2D eigenvalue weighted by Gasteiger charge is -2.39. The third-order valence-electron chi connectivity index (χ3n) is 7.35. The van der Waals surface area contributed by atoms with E-state index in [1.165, 1.54) is 24.3 Å². The van der Waals surface area contributed by atoms with Crippen LogP contribution < -0.4 is 18.9 Å². The molecule has 1 saturated heterocycles. The fourth-order valence-corrected chi connectivity index (χ4v) is 5.39. The van der Waals surface area contributed by atoms with Crippen molar-refractivity contribution < 1.29 is 38.3 Å². The van der Waals surface area contributed by atoms with Gasteiger partial charge in [-0.25, -0.2) is 9.18 Å². The quantitative estimate of drug-likeness (QED) is 0.352. The zero-order valence-corrected chi connectivity index (χ0v) is 22.8. The van der Waals surface area contributed by atoms with E-state index in [0.717, 1.165) is 35.5 Å². The van der Waals surface area contributed by atoms with Crippen LogP contribution in [0.1, 0.15) is 34.3 Å². The first-order chi connectivity index (χ1) is 19.2. The Morgan fingerprint density at radius 3 is 2.55 bits per heavy atom. The van der Waals surface area contributed by atoms with Crippen molar-refractivity contribution >= 4 is 17.6 Å². The van der Waals surface area contributed by atoms with Gasteiger partial charge < -0.3 is 34.1 Å². The standard InChI is InChI=1S/C30H31ClFNO7/c1-37-23-5-2-19(3-6-23)17-38-28-14-27(24(29(35)36)13-25(28)31)39-18-22(34)16-33-10-8-30(9-11-33)15-20-12-21(32)4-7-26(20)40-30/h2-7,12-14,22,34H,8-11,15-18H2,1H3,(H,35,36)/t22-/m1/s1. The van der Waals surface area contributed by atoms with E-state index in [1.54, 1.807) is 13.2 Å². The first-order valence-electron chi connectivity index (χ1n) is 13.1. The molecule has 2 aliphatic heterocycles. The van der Waals surface area contributed by atoms with Crippen LogP contribution in [0, 0.1) is 5.82 Å². The molecule has 1 atom stereocenters. The molecule has 3 aromatic carbocycles. The highest BCUT2D eigenvalue weighted by Gasteiger charge is 2.42. The van der Waals surface area contributed by atoms with Crippen molar-refractivity contribution in [3.8, 4) is 23.0 Å². The normalized spacial score (nSPS) is 16.7. The molecule has 0 aliphatic carbocycles. The van der Waals surface area contributed by atoms with E-state index in [0.29, 0.717) is 26.1 Å². The molecule has 2 aliphatic rings. The molecule has 212 valence electrons. The van der Waals surface area contributed by atoms with E-state index in [-0.39, 0.29) is 46.7 Å². The molecule has 0 amide bonds. The maximum Gasteiger partial charge on any atom is 0.339 e. The second kappa shape index (κ2) is 11.9. The predicted molar refractivity (Wildman–Crippen MR) is 146 cm³/mol. The van der Waals surface area contributed by atoms with E-state index < -0.39 is 12.1 Å². The third kappa shape index (κ3) is 6.43. The number of fused-ring (bicyclic) bond motifs is 1. The Balaban J connectivity index is 1.15. The van der Waals surface area contributed by atoms with Gasteiger partial charge in [-0.05, 0) is 42.0 Å². The molecule has 0 aromatic heterocycles. The van der Waals surface area contributed by atoms with Gasteiger partial charge in [0.1, 0.15) is 59.3 Å². The smallest absolute Gasteiger partial charge is 0.339 e. The minimum Gasteiger partial charge on any atom is -0.497 e. The summed E-state index contributed by atoms with van der Waals surface area (Å²) in [5, 5.41) is 20.5. The molecule has 0 saturated carbocycles. The topological polar surface area (TPSA) is 97.7 Å². The van der Waals surface area contributed by atoms with E-state index in [2.05, 4.69) is 4.90 Å². The predicted octanol–water partition coefficient (Wildman–Crippen LogP) is 4.97. The summed E-state index contributed by atoms with van der Waals surface area (Å²) in [6, 6.07) is 14.7. The molecule has 0 unspecified atom stereocenters. The van der Waals surface area contributed by atoms with Crippen LogP contribution in [0.15, 0.2) is 54.6 Å². The van der Waals surface area contributed by atoms with Crippen molar-refractivity contribution in [1.29, 1.82) is 0 Å². The number of halogens is 2. The summed E-state index contributed by atoms with van der Waals surface area (Å²) in [6.45, 7) is 1.87. The monoisotopic (exact) mass is 571 g/mol. The average Bonchev–Trinajstić information content (AvgIpc) is 3.29. The Labute approximate surface area is 236 Å². The van der Waals surface area contributed by atoms with E-state index in [1.807, 2.05) is 24.3 Å². The molecule has 2 N–H and O–H groups in total. The summed E-state index contributed by atoms with van der Waals surface area (Å²) in [5.74, 6) is 0.329. The van der Waals surface area contributed by atoms with Crippen molar-refractivity contribution in [1.82, 2.24) is 4.90 Å². The lowest BCUT2D eigenvalue weighted by atomic mass is 9.87. The number of methoxy groups -OCH3 is 1. The van der Waals surface area contributed by atoms with Gasteiger partial charge in [0.25, 0.3) is 0 Å². The summed E-state index contributed by atoms with van der Waals surface area (Å²) < 4.78 is 36.5. The molecule has 1 spiro atoms. The molecular weight excluding hydrogens is 541 g/mol. The maximum absolute atomic E-state index is 13.6. The molecule has 40 heavy (non-hydrogen) atoms. The minimum atomic E-state index is -1.20. The van der Waals surface area contributed by atoms with Crippen LogP contribution in [-0.2, 0) is 13.0 Å². The SMILES string of the molecule is COc1ccc(COc2cc(OC[C@H](O)CN3CCC4(CC3)Cc3cc(F)ccc3O4)c(C(=O)O)cc2Cl)cc1. The summed E-state index contributed by atoms with van der Waals surface area (Å²) in [6.07, 6.45) is 1.33. The summed E-state index contributed by atoms with van der Waals surface area (Å²) in [7, 11) is 1.59. The number of likely N-dealkylation sites (tertiary alicyclic amines) is 1. The number of hydrogen-bond donors (Lipinski definition) is 2. The van der Waals surface area contributed by atoms with E-state index >= 15 is 0 Å². The highest BCUT2D eigenvalue weighted by atomic mass is 35.5. The molecular formula is C30H31ClFNO7. The first kappa shape index (κ1) is 28.0. The van der Waals surface area contributed by atoms with Crippen LogP contribution in [0.25, 0.3) is 0 Å². The van der Waals surface area contributed by atoms with Gasteiger partial charge in [0.05, 0.1) is 12.1 Å². The van der Waals surface area contributed by atoms with Gasteiger partial charge in [0, 0.05) is 50.5 Å². The molecule has 5 rings (SSSR count). The number of piperidine rings is 1. The number of aliphatic hydroxyl groups excluding tert-OH is 1. The number of aromatic carboxylic acids is 1. The van der Waals surface area contributed by atoms with Crippen LogP contribution in [-0.4, -0.2) is 66.1 Å². The van der Waals surface area contributed by atoms with Gasteiger partial charge in [-0.2, -0.15) is 0 Å².